The van der Waals surface area contributed by atoms with E-state index in [9.17, 15) is 5.26 Å². The Bertz CT molecular complexity index is 1320. The van der Waals surface area contributed by atoms with Gasteiger partial charge < -0.3 is 20.0 Å². The maximum absolute atomic E-state index is 9.56. The second kappa shape index (κ2) is 10.9. The van der Waals surface area contributed by atoms with Gasteiger partial charge in [0.15, 0.2) is 0 Å². The number of hydrogen-bond acceptors (Lipinski definition) is 8. The van der Waals surface area contributed by atoms with Crippen molar-refractivity contribution < 1.29 is 0 Å². The maximum atomic E-state index is 9.56. The van der Waals surface area contributed by atoms with E-state index in [1.807, 2.05) is 12.1 Å². The fraction of sp³-hybridized carbons (Fsp3) is 0.500. The summed E-state index contributed by atoms with van der Waals surface area (Å²) in [7, 11) is 0. The van der Waals surface area contributed by atoms with Crippen LogP contribution in [0.3, 0.4) is 0 Å². The van der Waals surface area contributed by atoms with E-state index < -0.39 is 0 Å². The molecular weight excluding hydrogens is 472 g/mol. The minimum absolute atomic E-state index is 0.483. The number of piperazine rings is 3. The molecule has 0 saturated carbocycles. The molecule has 0 radical (unpaired) electrons. The van der Waals surface area contributed by atoms with E-state index in [4.69, 9.17) is 4.98 Å². The third-order valence-electron chi connectivity index (χ3n) is 8.47. The molecular formula is C30H38N8. The average Bonchev–Trinajstić information content (AvgIpc) is 2.95. The van der Waals surface area contributed by atoms with Crippen LogP contribution < -0.4 is 15.1 Å². The predicted octanol–water partition coefficient (Wildman–Crippen LogP) is 2.74. The van der Waals surface area contributed by atoms with Crippen LogP contribution in [-0.4, -0.2) is 96.8 Å². The van der Waals surface area contributed by atoms with Crippen LogP contribution in [0.2, 0.25) is 0 Å². The molecule has 38 heavy (non-hydrogen) atoms. The smallest absolute Gasteiger partial charge is 0.128 e. The third kappa shape index (κ3) is 5.06. The summed E-state index contributed by atoms with van der Waals surface area (Å²) in [6.45, 7) is 14.0. The highest BCUT2D eigenvalue weighted by molar-refractivity contribution is 5.95. The summed E-state index contributed by atoms with van der Waals surface area (Å²) in [4.78, 5) is 19.8. The van der Waals surface area contributed by atoms with Crippen LogP contribution in [0.25, 0.3) is 10.9 Å². The molecule has 0 unspecified atom stereocenters. The van der Waals surface area contributed by atoms with E-state index in [2.05, 4.69) is 80.1 Å². The monoisotopic (exact) mass is 510 g/mol. The first-order valence-electron chi connectivity index (χ1n) is 14.0. The van der Waals surface area contributed by atoms with Gasteiger partial charge in [0.2, 0.25) is 0 Å². The lowest BCUT2D eigenvalue weighted by Crippen LogP contribution is -2.65. The highest BCUT2D eigenvalue weighted by Gasteiger charge is 2.36. The van der Waals surface area contributed by atoms with Gasteiger partial charge in [0.05, 0.1) is 11.1 Å². The Hall–Kier alpha value is -3.25. The fourth-order valence-corrected chi connectivity index (χ4v) is 6.55. The lowest BCUT2D eigenvalue weighted by Gasteiger charge is -2.51. The van der Waals surface area contributed by atoms with Crippen molar-refractivity contribution in [3.05, 3.63) is 59.9 Å². The minimum Gasteiger partial charge on any atom is -0.368 e. The van der Waals surface area contributed by atoms with Crippen molar-refractivity contribution in [2.24, 2.45) is 0 Å². The Kier molecular flexibility index (Phi) is 7.16. The van der Waals surface area contributed by atoms with Gasteiger partial charge in [0.25, 0.3) is 0 Å². The average molecular weight is 511 g/mol. The summed E-state index contributed by atoms with van der Waals surface area (Å²) in [6, 6.07) is 18.4. The van der Waals surface area contributed by atoms with Gasteiger partial charge >= 0.3 is 0 Å². The van der Waals surface area contributed by atoms with Crippen molar-refractivity contribution in [1.82, 2.24) is 25.1 Å². The lowest BCUT2D eigenvalue weighted by atomic mass is 10.0. The number of nitrogens with zero attached hydrogens (tertiary/aromatic N) is 7. The first-order valence-corrected chi connectivity index (χ1v) is 14.0. The van der Waals surface area contributed by atoms with Gasteiger partial charge in [-0.25, -0.2) is 4.98 Å². The Labute approximate surface area is 225 Å². The van der Waals surface area contributed by atoms with E-state index in [-0.39, 0.29) is 0 Å². The normalized spacial score (nSPS) is 24.8. The SMILES string of the molecule is C[C@@H]1CN(c2cccc(CCN3CCN4[C@@H](C3)CN(c3ccc(C#N)c5ncccc35)C[C@H]4C)n2)CCN1. The van der Waals surface area contributed by atoms with Crippen LogP contribution in [0.4, 0.5) is 11.5 Å². The fourth-order valence-electron chi connectivity index (χ4n) is 6.55. The molecule has 2 aromatic heterocycles. The largest absolute Gasteiger partial charge is 0.368 e. The van der Waals surface area contributed by atoms with Crippen molar-refractivity contribution >= 4 is 22.4 Å². The number of benzene rings is 1. The third-order valence-corrected chi connectivity index (χ3v) is 8.47. The molecule has 8 nitrogen and oxygen atoms in total. The second-order valence-electron chi connectivity index (χ2n) is 11.1. The van der Waals surface area contributed by atoms with Gasteiger partial charge in [0.1, 0.15) is 11.9 Å². The summed E-state index contributed by atoms with van der Waals surface area (Å²) >= 11 is 0. The molecule has 1 N–H and O–H groups in total. The molecule has 3 aliphatic heterocycles. The summed E-state index contributed by atoms with van der Waals surface area (Å²) in [5.41, 5.74) is 3.83. The standard InChI is InChI=1S/C30H38N8/c1-22-18-36(14-12-32-22)29-7-3-5-25(34-29)10-13-35-15-16-38-23(2)19-37(21-26(38)20-35)28-9-8-24(17-31)30-27(28)6-4-11-33-30/h3-9,11,22-23,26,32H,10,12-16,18-21H2,1-2H3/t22-,23-,26+/m1/s1. The number of hydrogen-bond donors (Lipinski definition) is 1. The molecule has 198 valence electrons. The number of nitrogens with one attached hydrogen (secondary N) is 1. The number of aromatic nitrogens is 2. The van der Waals surface area contributed by atoms with E-state index in [0.717, 1.165) is 82.0 Å². The number of rotatable bonds is 5. The highest BCUT2D eigenvalue weighted by atomic mass is 15.4. The summed E-state index contributed by atoms with van der Waals surface area (Å²) in [6.07, 6.45) is 2.76. The molecule has 3 atom stereocenters. The van der Waals surface area contributed by atoms with Crippen LogP contribution in [0, 0.1) is 11.3 Å². The quantitative estimate of drug-likeness (QED) is 0.562. The predicted molar refractivity (Wildman–Crippen MR) is 153 cm³/mol. The molecule has 3 fully saturated rings. The van der Waals surface area contributed by atoms with Gasteiger partial charge in [-0.15, -0.1) is 0 Å². The summed E-state index contributed by atoms with van der Waals surface area (Å²) in [5.74, 6) is 1.11. The van der Waals surface area contributed by atoms with Crippen LogP contribution in [0.15, 0.2) is 48.7 Å². The molecule has 3 aliphatic rings. The van der Waals surface area contributed by atoms with E-state index in [0.29, 0.717) is 23.7 Å². The Morgan fingerprint density at radius 3 is 2.76 bits per heavy atom. The number of anilines is 2. The molecule has 8 heteroatoms. The van der Waals surface area contributed by atoms with Gasteiger partial charge in [-0.1, -0.05) is 6.07 Å². The van der Waals surface area contributed by atoms with E-state index in [1.54, 1.807) is 6.20 Å². The topological polar surface area (TPSA) is 74.6 Å². The molecule has 1 aromatic carbocycles. The molecule has 3 aromatic rings. The Balaban J connectivity index is 1.12. The van der Waals surface area contributed by atoms with Crippen molar-refractivity contribution in [1.29, 1.82) is 5.26 Å². The lowest BCUT2D eigenvalue weighted by molar-refractivity contribution is 0.0355. The Morgan fingerprint density at radius 1 is 0.974 bits per heavy atom. The van der Waals surface area contributed by atoms with Crippen LogP contribution in [-0.2, 0) is 6.42 Å². The zero-order chi connectivity index (χ0) is 26.1. The van der Waals surface area contributed by atoms with Gasteiger partial charge in [0, 0.05) is 106 Å². The van der Waals surface area contributed by atoms with Crippen molar-refractivity contribution in [3.63, 3.8) is 0 Å². The maximum Gasteiger partial charge on any atom is 0.128 e. The van der Waals surface area contributed by atoms with Crippen LogP contribution in [0.1, 0.15) is 25.1 Å². The minimum atomic E-state index is 0.483. The number of nitriles is 1. The second-order valence-corrected chi connectivity index (χ2v) is 11.1. The van der Waals surface area contributed by atoms with Crippen molar-refractivity contribution in [2.75, 3.05) is 68.7 Å². The number of fused-ring (bicyclic) bond motifs is 2. The zero-order valence-electron chi connectivity index (χ0n) is 22.6. The van der Waals surface area contributed by atoms with Crippen LogP contribution in [0.5, 0.6) is 0 Å². The first-order chi connectivity index (χ1) is 18.6. The Morgan fingerprint density at radius 2 is 1.89 bits per heavy atom. The summed E-state index contributed by atoms with van der Waals surface area (Å²) in [5, 5.41) is 14.2. The van der Waals surface area contributed by atoms with Gasteiger partial charge in [-0.3, -0.25) is 9.88 Å². The van der Waals surface area contributed by atoms with Crippen LogP contribution >= 0.6 is 0 Å². The number of pyridine rings is 2. The molecule has 0 amide bonds. The van der Waals surface area contributed by atoms with Crippen molar-refractivity contribution in [2.45, 2.75) is 38.4 Å². The molecule has 3 saturated heterocycles. The van der Waals surface area contributed by atoms with Gasteiger partial charge in [-0.2, -0.15) is 5.26 Å². The summed E-state index contributed by atoms with van der Waals surface area (Å²) < 4.78 is 0. The van der Waals surface area contributed by atoms with Crippen molar-refractivity contribution in [3.8, 4) is 6.07 Å². The highest BCUT2D eigenvalue weighted by Crippen LogP contribution is 2.32. The molecule has 5 heterocycles. The molecule has 0 spiro atoms. The zero-order valence-corrected chi connectivity index (χ0v) is 22.6. The van der Waals surface area contributed by atoms with E-state index >= 15 is 0 Å². The van der Waals surface area contributed by atoms with Gasteiger partial charge in [-0.05, 0) is 50.2 Å². The molecule has 6 rings (SSSR count). The van der Waals surface area contributed by atoms with E-state index in [1.165, 1.54) is 11.4 Å². The molecule has 0 aliphatic carbocycles. The molecule has 0 bridgehead atoms. The first kappa shape index (κ1) is 25.1.